The van der Waals surface area contributed by atoms with Gasteiger partial charge in [-0.2, -0.15) is 4.58 Å². The van der Waals surface area contributed by atoms with Crippen LogP contribution < -0.4 is 9.64 Å². The maximum absolute atomic E-state index is 7.25. The molecular weight excluding hydrogens is 620 g/mol. The topological polar surface area (TPSA) is 43.2 Å². The van der Waals surface area contributed by atoms with E-state index in [-0.39, 0.29) is 10.8 Å². The highest BCUT2D eigenvalue weighted by molar-refractivity contribution is 6.32. The van der Waals surface area contributed by atoms with Gasteiger partial charge in [0.1, 0.15) is 12.4 Å². The van der Waals surface area contributed by atoms with Crippen molar-refractivity contribution in [1.29, 1.82) is 0 Å². The molecule has 0 radical (unpaired) electrons. The fraction of sp³-hybridized carbons (Fsp3) is 0.488. The van der Waals surface area contributed by atoms with Crippen molar-refractivity contribution in [2.45, 2.75) is 78.2 Å². The molecule has 2 aromatic rings. The van der Waals surface area contributed by atoms with Crippen molar-refractivity contribution in [1.82, 2.24) is 0 Å². The maximum Gasteiger partial charge on any atom is 0.213 e. The molecule has 0 unspecified atom stereocenters. The second-order valence-corrected chi connectivity index (χ2v) is 14.7. The summed E-state index contributed by atoms with van der Waals surface area (Å²) in [6, 6.07) is 8.86. The third-order valence-electron chi connectivity index (χ3n) is 10.3. The number of hydrogen-bond acceptors (Lipinski definition) is 5. The maximum atomic E-state index is 7.25. The molecule has 0 amide bonds. The molecule has 258 valence electrons. The molecule has 6 nitrogen and oxygen atoms in total. The number of aryl methyl sites for hydroxylation is 2. The fourth-order valence-corrected chi connectivity index (χ4v) is 8.14. The Labute approximate surface area is 293 Å². The Hall–Kier alpha value is -3.16. The van der Waals surface area contributed by atoms with Crippen molar-refractivity contribution >= 4 is 28.7 Å². The highest BCUT2D eigenvalue weighted by Gasteiger charge is 2.46. The molecular formula is C41H54ClN2O4+. The van der Waals surface area contributed by atoms with Gasteiger partial charge in [0.2, 0.25) is 5.69 Å². The number of hydrogen-bond donors (Lipinski definition) is 0. The average Bonchev–Trinajstić information content (AvgIpc) is 3.40. The van der Waals surface area contributed by atoms with Crippen LogP contribution >= 0.6 is 11.6 Å². The van der Waals surface area contributed by atoms with Crippen LogP contribution in [0.4, 0.5) is 11.4 Å². The standard InChI is InChI=1S/C41H54ClN2O4/c1-27-22-29(26-47-9)24-33-38(27)43(18-20-45-7)35(40(33,3)4)16-14-30-12-11-13-31(37(30)42)15-17-36-41(5,6)34-25-32(48-10)23-28(2)39(34)44(36)19-21-46-8/h14-17,22-25H,11-13,18-21,26H2,1-10H3/q+1. The summed E-state index contributed by atoms with van der Waals surface area (Å²) in [5.74, 6) is 0.887. The lowest BCUT2D eigenvalue weighted by molar-refractivity contribution is -0.442. The number of benzene rings is 2. The number of methoxy groups -OCH3 is 4. The monoisotopic (exact) mass is 673 g/mol. The van der Waals surface area contributed by atoms with E-state index in [1.54, 1.807) is 28.4 Å². The Kier molecular flexibility index (Phi) is 11.1. The van der Waals surface area contributed by atoms with Gasteiger partial charge in [0.05, 0.1) is 25.7 Å². The Bertz CT molecular complexity index is 1710. The summed E-state index contributed by atoms with van der Waals surface area (Å²) in [4.78, 5) is 2.44. The first-order valence-electron chi connectivity index (χ1n) is 17.1. The lowest BCUT2D eigenvalue weighted by Crippen LogP contribution is -2.29. The lowest BCUT2D eigenvalue weighted by atomic mass is 9.80. The van der Waals surface area contributed by atoms with Crippen molar-refractivity contribution in [2.75, 3.05) is 59.6 Å². The number of allylic oxidation sites excluding steroid dienone is 8. The molecule has 0 fully saturated rings. The van der Waals surface area contributed by atoms with E-state index >= 15 is 0 Å². The Morgan fingerprint density at radius 1 is 0.833 bits per heavy atom. The fourth-order valence-electron chi connectivity index (χ4n) is 7.82. The van der Waals surface area contributed by atoms with Crippen LogP contribution in [-0.4, -0.2) is 65.0 Å². The normalized spacial score (nSPS) is 20.1. The number of rotatable bonds is 12. The van der Waals surface area contributed by atoms with Crippen LogP contribution in [0.2, 0.25) is 0 Å². The van der Waals surface area contributed by atoms with Gasteiger partial charge in [-0.3, -0.25) is 0 Å². The van der Waals surface area contributed by atoms with Gasteiger partial charge in [0.25, 0.3) is 0 Å². The molecule has 0 atom stereocenters. The third-order valence-corrected chi connectivity index (χ3v) is 10.8. The first-order valence-corrected chi connectivity index (χ1v) is 17.5. The minimum atomic E-state index is -0.209. The average molecular weight is 674 g/mol. The summed E-state index contributed by atoms with van der Waals surface area (Å²) in [5, 5.41) is 0.861. The molecule has 2 aliphatic heterocycles. The predicted molar refractivity (Wildman–Crippen MR) is 199 cm³/mol. The van der Waals surface area contributed by atoms with E-state index in [1.165, 1.54) is 61.7 Å². The summed E-state index contributed by atoms with van der Waals surface area (Å²) < 4.78 is 24.7. The van der Waals surface area contributed by atoms with E-state index in [0.29, 0.717) is 19.8 Å². The third kappa shape index (κ3) is 6.69. The van der Waals surface area contributed by atoms with Gasteiger partial charge in [0.15, 0.2) is 12.3 Å². The second-order valence-electron chi connectivity index (χ2n) is 14.3. The largest absolute Gasteiger partial charge is 0.497 e. The molecule has 0 saturated heterocycles. The smallest absolute Gasteiger partial charge is 0.213 e. The van der Waals surface area contributed by atoms with E-state index in [1.807, 2.05) is 0 Å². The van der Waals surface area contributed by atoms with Crippen LogP contribution in [0.25, 0.3) is 0 Å². The van der Waals surface area contributed by atoms with Crippen LogP contribution in [0.5, 0.6) is 5.75 Å². The molecule has 0 N–H and O–H groups in total. The van der Waals surface area contributed by atoms with Crippen LogP contribution in [0.3, 0.4) is 0 Å². The highest BCUT2D eigenvalue weighted by Crippen LogP contribution is 2.50. The molecule has 7 heteroatoms. The molecule has 48 heavy (non-hydrogen) atoms. The molecule has 2 heterocycles. The highest BCUT2D eigenvalue weighted by atomic mass is 35.5. The van der Waals surface area contributed by atoms with Gasteiger partial charge < -0.3 is 23.8 Å². The zero-order valence-corrected chi connectivity index (χ0v) is 31.4. The first-order chi connectivity index (χ1) is 22.9. The minimum absolute atomic E-state index is 0.186. The van der Waals surface area contributed by atoms with Crippen molar-refractivity contribution in [3.8, 4) is 5.75 Å². The molecule has 0 spiro atoms. The van der Waals surface area contributed by atoms with Gasteiger partial charge in [-0.15, -0.1) is 0 Å². The molecule has 0 bridgehead atoms. The van der Waals surface area contributed by atoms with E-state index in [0.717, 1.165) is 43.1 Å². The van der Waals surface area contributed by atoms with Gasteiger partial charge >= 0.3 is 0 Å². The molecule has 5 rings (SSSR count). The van der Waals surface area contributed by atoms with Gasteiger partial charge in [0, 0.05) is 66.9 Å². The summed E-state index contributed by atoms with van der Waals surface area (Å²) in [5.41, 5.74) is 13.2. The number of halogens is 1. The first kappa shape index (κ1) is 36.1. The van der Waals surface area contributed by atoms with Crippen LogP contribution in [0, 0.1) is 13.8 Å². The zero-order valence-electron chi connectivity index (χ0n) is 30.7. The quantitative estimate of drug-likeness (QED) is 0.211. The Morgan fingerprint density at radius 2 is 1.58 bits per heavy atom. The van der Waals surface area contributed by atoms with Crippen LogP contribution in [-0.2, 0) is 31.6 Å². The number of anilines is 1. The number of nitrogens with zero attached hydrogens (tertiary/aromatic N) is 2. The van der Waals surface area contributed by atoms with E-state index in [4.69, 9.17) is 30.5 Å². The molecule has 1 aliphatic carbocycles. The van der Waals surface area contributed by atoms with Crippen molar-refractivity contribution < 1.29 is 23.5 Å². The van der Waals surface area contributed by atoms with E-state index < -0.39 is 0 Å². The number of fused-ring (bicyclic) bond motifs is 2. The summed E-state index contributed by atoms with van der Waals surface area (Å²) in [6.07, 6.45) is 12.0. The van der Waals surface area contributed by atoms with Crippen molar-refractivity contribution in [3.63, 3.8) is 0 Å². The molecule has 0 aromatic heterocycles. The van der Waals surface area contributed by atoms with E-state index in [2.05, 4.69) is 99.6 Å². The predicted octanol–water partition coefficient (Wildman–Crippen LogP) is 8.97. The Morgan fingerprint density at radius 3 is 2.27 bits per heavy atom. The minimum Gasteiger partial charge on any atom is -0.497 e. The lowest BCUT2D eigenvalue weighted by Gasteiger charge is -2.27. The van der Waals surface area contributed by atoms with Crippen molar-refractivity contribution in [2.24, 2.45) is 0 Å². The summed E-state index contributed by atoms with van der Waals surface area (Å²) in [7, 11) is 7.01. The summed E-state index contributed by atoms with van der Waals surface area (Å²) >= 11 is 7.25. The molecule has 3 aliphatic rings. The van der Waals surface area contributed by atoms with Gasteiger partial charge in [-0.25, -0.2) is 0 Å². The van der Waals surface area contributed by atoms with E-state index in [9.17, 15) is 0 Å². The van der Waals surface area contributed by atoms with Crippen molar-refractivity contribution in [3.05, 3.63) is 98.3 Å². The van der Waals surface area contributed by atoms with Gasteiger partial charge in [-0.05, 0) is 93.0 Å². The number of ether oxygens (including phenoxy) is 4. The molecule has 2 aromatic carbocycles. The van der Waals surface area contributed by atoms with Crippen LogP contribution in [0.1, 0.15) is 74.8 Å². The van der Waals surface area contributed by atoms with Crippen LogP contribution in [0.15, 0.2) is 70.4 Å². The SMILES string of the molecule is COCCN1C(=CC=C2CCCC(C=CC3=[N+](CCOC)c4c(C)cc(OC)cc4C3(C)C)=C2Cl)C(C)(C)c2cc(COC)cc(C)c21. The zero-order chi connectivity index (χ0) is 34.8. The molecule has 0 saturated carbocycles. The second kappa shape index (κ2) is 14.8. The Balaban J connectivity index is 1.53. The van der Waals surface area contributed by atoms with Gasteiger partial charge in [-0.1, -0.05) is 49.7 Å². The summed E-state index contributed by atoms with van der Waals surface area (Å²) in [6.45, 7) is 17.0.